The van der Waals surface area contributed by atoms with E-state index in [9.17, 15) is 14.4 Å². The maximum absolute atomic E-state index is 10.1. The Labute approximate surface area is 99.8 Å². The van der Waals surface area contributed by atoms with Gasteiger partial charge in [0.25, 0.3) is 0 Å². The molecule has 0 aromatic carbocycles. The number of rotatable bonds is 7. The van der Waals surface area contributed by atoms with Crippen molar-refractivity contribution >= 4 is 17.7 Å². The average molecular weight is 248 g/mol. The largest absolute Gasteiger partial charge is 0.480 e. The average Bonchev–Trinajstić information content (AvgIpc) is 2.28. The molecule has 0 fully saturated rings. The number of unbranched alkanes of at least 4 members (excludes halogenated alkanes) is 1. The molecule has 0 rings (SSSR count). The number of aliphatic carboxylic acids is 2. The molecule has 7 nitrogen and oxygen atoms in total. The van der Waals surface area contributed by atoms with Crippen molar-refractivity contribution in [2.24, 2.45) is 11.5 Å². The molecule has 0 saturated heterocycles. The Balaban J connectivity index is 0. The number of carboxylic acid groups (broad SMARTS) is 2. The van der Waals surface area contributed by atoms with Crippen LogP contribution >= 0.6 is 0 Å². The van der Waals surface area contributed by atoms with Gasteiger partial charge in [0.15, 0.2) is 0 Å². The zero-order valence-electron chi connectivity index (χ0n) is 9.89. The fraction of sp³-hybridized carbons (Fsp3) is 0.700. The van der Waals surface area contributed by atoms with Gasteiger partial charge < -0.3 is 21.7 Å². The second kappa shape index (κ2) is 11.0. The summed E-state index contributed by atoms with van der Waals surface area (Å²) in [4.78, 5) is 29.6. The molecule has 0 bridgehead atoms. The summed E-state index contributed by atoms with van der Waals surface area (Å²) < 4.78 is 0. The van der Waals surface area contributed by atoms with Crippen LogP contribution in [0.25, 0.3) is 0 Å². The molecule has 1 atom stereocenters. The van der Waals surface area contributed by atoms with Crippen LogP contribution in [0.4, 0.5) is 0 Å². The number of hydrogen-bond donors (Lipinski definition) is 4. The minimum Gasteiger partial charge on any atom is -0.480 e. The van der Waals surface area contributed by atoms with Gasteiger partial charge in [0.05, 0.1) is 0 Å². The van der Waals surface area contributed by atoms with Crippen molar-refractivity contribution in [3.63, 3.8) is 0 Å². The van der Waals surface area contributed by atoms with E-state index in [0.717, 1.165) is 12.8 Å². The van der Waals surface area contributed by atoms with Gasteiger partial charge >= 0.3 is 11.9 Å². The summed E-state index contributed by atoms with van der Waals surface area (Å²) in [6.07, 6.45) is 2.24. The minimum atomic E-state index is -1.34. The quantitative estimate of drug-likeness (QED) is 0.353. The Kier molecular flexibility index (Phi) is 11.6. The SMILES string of the molecule is CCC(=O)C(=O)O.NCCCC[C@H](N)C(=O)O. The van der Waals surface area contributed by atoms with Gasteiger partial charge in [-0.05, 0) is 19.4 Å². The first kappa shape index (κ1) is 17.9. The maximum atomic E-state index is 10.1. The van der Waals surface area contributed by atoms with E-state index in [2.05, 4.69) is 0 Å². The fourth-order valence-corrected chi connectivity index (χ4v) is 0.783. The molecule has 0 aliphatic carbocycles. The number of carbonyl (C=O) groups excluding carboxylic acids is 1. The molecule has 0 heterocycles. The van der Waals surface area contributed by atoms with E-state index in [0.29, 0.717) is 13.0 Å². The van der Waals surface area contributed by atoms with E-state index in [1.165, 1.54) is 6.92 Å². The van der Waals surface area contributed by atoms with Crippen LogP contribution in [0, 0.1) is 0 Å². The molecule has 6 N–H and O–H groups in total. The van der Waals surface area contributed by atoms with Gasteiger partial charge in [0, 0.05) is 6.42 Å². The summed E-state index contributed by atoms with van der Waals surface area (Å²) in [7, 11) is 0. The first-order chi connectivity index (χ1) is 7.86. The summed E-state index contributed by atoms with van der Waals surface area (Å²) >= 11 is 0. The van der Waals surface area contributed by atoms with Crippen LogP contribution < -0.4 is 11.5 Å². The Morgan fingerprint density at radius 3 is 1.94 bits per heavy atom. The first-order valence-corrected chi connectivity index (χ1v) is 5.31. The maximum Gasteiger partial charge on any atom is 0.372 e. The highest BCUT2D eigenvalue weighted by Gasteiger charge is 2.09. The topological polar surface area (TPSA) is 144 Å². The van der Waals surface area contributed by atoms with Crippen molar-refractivity contribution in [3.8, 4) is 0 Å². The van der Waals surface area contributed by atoms with E-state index in [1.807, 2.05) is 0 Å². The smallest absolute Gasteiger partial charge is 0.372 e. The molecule has 0 aromatic heterocycles. The molecule has 0 aliphatic heterocycles. The zero-order valence-corrected chi connectivity index (χ0v) is 9.89. The van der Waals surface area contributed by atoms with Crippen molar-refractivity contribution in [3.05, 3.63) is 0 Å². The van der Waals surface area contributed by atoms with Gasteiger partial charge in [-0.15, -0.1) is 0 Å². The highest BCUT2D eigenvalue weighted by Crippen LogP contribution is 1.96. The molecular formula is C10H20N2O5. The van der Waals surface area contributed by atoms with Gasteiger partial charge in [-0.25, -0.2) is 4.79 Å². The minimum absolute atomic E-state index is 0.0787. The Bertz CT molecular complexity index is 255. The highest BCUT2D eigenvalue weighted by atomic mass is 16.4. The van der Waals surface area contributed by atoms with Gasteiger partial charge in [-0.1, -0.05) is 13.3 Å². The van der Waals surface area contributed by atoms with E-state index >= 15 is 0 Å². The van der Waals surface area contributed by atoms with Gasteiger partial charge in [0.2, 0.25) is 5.78 Å². The second-order valence-electron chi connectivity index (χ2n) is 3.31. The lowest BCUT2D eigenvalue weighted by atomic mass is 10.1. The molecule has 100 valence electrons. The Morgan fingerprint density at radius 1 is 1.18 bits per heavy atom. The summed E-state index contributed by atoms with van der Waals surface area (Å²) in [5, 5.41) is 16.2. The lowest BCUT2D eigenvalue weighted by molar-refractivity contribution is -0.148. The number of carbonyl (C=O) groups is 3. The van der Waals surface area contributed by atoms with Gasteiger partial charge in [-0.3, -0.25) is 9.59 Å². The van der Waals surface area contributed by atoms with E-state index in [1.54, 1.807) is 0 Å². The molecule has 0 unspecified atom stereocenters. The third kappa shape index (κ3) is 12.5. The Hall–Kier alpha value is -1.47. The van der Waals surface area contributed by atoms with Crippen LogP contribution in [0.3, 0.4) is 0 Å². The standard InChI is InChI=1S/C6H14N2O2.C4H6O3/c7-4-2-1-3-5(8)6(9)10;1-2-3(5)4(6)7/h5H,1-4,7-8H2,(H,9,10);2H2,1H3,(H,6,7)/t5-;/m0./s1. The molecule has 0 aliphatic rings. The summed E-state index contributed by atoms with van der Waals surface area (Å²) in [5.74, 6) is -3.01. The third-order valence-corrected chi connectivity index (χ3v) is 1.85. The third-order valence-electron chi connectivity index (χ3n) is 1.85. The molecule has 0 saturated carbocycles. The van der Waals surface area contributed by atoms with Crippen LogP contribution in [0.2, 0.25) is 0 Å². The molecule has 0 aromatic rings. The van der Waals surface area contributed by atoms with Crippen molar-refractivity contribution in [1.82, 2.24) is 0 Å². The first-order valence-electron chi connectivity index (χ1n) is 5.31. The van der Waals surface area contributed by atoms with Crippen molar-refractivity contribution in [2.75, 3.05) is 6.54 Å². The van der Waals surface area contributed by atoms with Crippen LogP contribution in [-0.4, -0.2) is 40.5 Å². The normalized spacial score (nSPS) is 11.0. The van der Waals surface area contributed by atoms with Gasteiger partial charge in [0.1, 0.15) is 6.04 Å². The monoisotopic (exact) mass is 248 g/mol. The number of nitrogens with two attached hydrogens (primary N) is 2. The second-order valence-corrected chi connectivity index (χ2v) is 3.31. The summed E-state index contributed by atoms with van der Waals surface area (Å²) in [6.45, 7) is 2.11. The summed E-state index contributed by atoms with van der Waals surface area (Å²) in [6, 6.07) is -0.716. The number of carboxylic acids is 2. The van der Waals surface area contributed by atoms with E-state index < -0.39 is 23.8 Å². The molecule has 7 heteroatoms. The molecule has 0 spiro atoms. The zero-order chi connectivity index (χ0) is 13.8. The predicted octanol–water partition coefficient (Wildman–Crippen LogP) is -0.423. The number of ketones is 1. The van der Waals surface area contributed by atoms with Gasteiger partial charge in [-0.2, -0.15) is 0 Å². The number of hydrogen-bond acceptors (Lipinski definition) is 5. The highest BCUT2D eigenvalue weighted by molar-refractivity contribution is 6.32. The van der Waals surface area contributed by atoms with Crippen LogP contribution in [0.5, 0.6) is 0 Å². The molecule has 0 radical (unpaired) electrons. The van der Waals surface area contributed by atoms with E-state index in [4.69, 9.17) is 21.7 Å². The Morgan fingerprint density at radius 2 is 1.71 bits per heavy atom. The predicted molar refractivity (Wildman–Crippen MR) is 61.5 cm³/mol. The lowest BCUT2D eigenvalue weighted by Crippen LogP contribution is -2.29. The van der Waals surface area contributed by atoms with Crippen molar-refractivity contribution in [1.29, 1.82) is 0 Å². The molecular weight excluding hydrogens is 228 g/mol. The fourth-order valence-electron chi connectivity index (χ4n) is 0.783. The summed E-state index contributed by atoms with van der Waals surface area (Å²) in [5.41, 5.74) is 10.4. The lowest BCUT2D eigenvalue weighted by Gasteiger charge is -2.03. The number of Topliss-reactive ketones (excluding diaryl/α,β-unsaturated/α-hetero) is 1. The molecule has 0 amide bonds. The molecule has 17 heavy (non-hydrogen) atoms. The van der Waals surface area contributed by atoms with E-state index in [-0.39, 0.29) is 6.42 Å². The van der Waals surface area contributed by atoms with Crippen LogP contribution in [0.15, 0.2) is 0 Å². The van der Waals surface area contributed by atoms with Crippen LogP contribution in [0.1, 0.15) is 32.6 Å². The van der Waals surface area contributed by atoms with Crippen LogP contribution in [-0.2, 0) is 14.4 Å². The van der Waals surface area contributed by atoms with Crippen molar-refractivity contribution in [2.45, 2.75) is 38.6 Å². The van der Waals surface area contributed by atoms with Crippen molar-refractivity contribution < 1.29 is 24.6 Å².